The molecule has 2 aromatic rings. The Balaban J connectivity index is 1.44. The Kier molecular flexibility index (Phi) is 3.92. The minimum Gasteiger partial charge on any atom is -0.454 e. The van der Waals surface area contributed by atoms with Gasteiger partial charge in [-0.2, -0.15) is 0 Å². The maximum Gasteiger partial charge on any atom is 0.274 e. The summed E-state index contributed by atoms with van der Waals surface area (Å²) in [7, 11) is 0. The molecule has 1 N–H and O–H groups in total. The summed E-state index contributed by atoms with van der Waals surface area (Å²) in [6.45, 7) is 3.31. The first kappa shape index (κ1) is 14.8. The first-order valence-electron chi connectivity index (χ1n) is 7.79. The smallest absolute Gasteiger partial charge is 0.274 e. The summed E-state index contributed by atoms with van der Waals surface area (Å²) < 4.78 is 15.9. The van der Waals surface area contributed by atoms with E-state index in [4.69, 9.17) is 14.2 Å². The van der Waals surface area contributed by atoms with Gasteiger partial charge in [0.25, 0.3) is 5.91 Å². The summed E-state index contributed by atoms with van der Waals surface area (Å²) in [6.07, 6.45) is 1.72. The van der Waals surface area contributed by atoms with Crippen LogP contribution in [0.4, 0.5) is 11.4 Å². The van der Waals surface area contributed by atoms with Crippen LogP contribution in [0.5, 0.6) is 11.5 Å². The van der Waals surface area contributed by atoms with E-state index in [2.05, 4.69) is 15.2 Å². The molecule has 3 heterocycles. The lowest BCUT2D eigenvalue weighted by molar-refractivity contribution is 0.102. The van der Waals surface area contributed by atoms with Crippen molar-refractivity contribution in [3.8, 4) is 11.5 Å². The zero-order valence-corrected chi connectivity index (χ0v) is 13.0. The fourth-order valence-electron chi connectivity index (χ4n) is 2.70. The third-order valence-corrected chi connectivity index (χ3v) is 3.99. The van der Waals surface area contributed by atoms with E-state index >= 15 is 0 Å². The highest BCUT2D eigenvalue weighted by Crippen LogP contribution is 2.34. The average Bonchev–Trinajstić information content (AvgIpc) is 3.10. The van der Waals surface area contributed by atoms with Crippen LogP contribution in [0.3, 0.4) is 0 Å². The highest BCUT2D eigenvalue weighted by molar-refractivity contribution is 6.03. The van der Waals surface area contributed by atoms with Crippen molar-refractivity contribution < 1.29 is 19.0 Å². The molecule has 0 atom stereocenters. The normalized spacial score (nSPS) is 16.1. The Bertz CT molecular complexity index is 742. The van der Waals surface area contributed by atoms with Crippen LogP contribution in [-0.4, -0.2) is 44.0 Å². The molecular weight excluding hydrogens is 310 g/mol. The van der Waals surface area contributed by atoms with Gasteiger partial charge in [-0.15, -0.1) is 0 Å². The maximum absolute atomic E-state index is 12.3. The predicted octanol–water partition coefficient (Wildman–Crippen LogP) is 1.90. The first-order valence-corrected chi connectivity index (χ1v) is 7.79. The molecule has 7 nitrogen and oxygen atoms in total. The first-order chi connectivity index (χ1) is 11.8. The Morgan fingerprint density at radius 1 is 1.08 bits per heavy atom. The monoisotopic (exact) mass is 327 g/mol. The molecule has 1 aromatic carbocycles. The Hall–Kier alpha value is -2.80. The number of hydrogen-bond acceptors (Lipinski definition) is 6. The van der Waals surface area contributed by atoms with Crippen LogP contribution in [0.15, 0.2) is 36.5 Å². The number of rotatable bonds is 3. The summed E-state index contributed by atoms with van der Waals surface area (Å²) >= 11 is 0. The number of carbonyl (C=O) groups is 1. The van der Waals surface area contributed by atoms with Gasteiger partial charge in [-0.1, -0.05) is 0 Å². The number of hydrogen-bond donors (Lipinski definition) is 1. The molecule has 1 amide bonds. The molecular formula is C17H17N3O4. The minimum absolute atomic E-state index is 0.206. The van der Waals surface area contributed by atoms with Crippen molar-refractivity contribution in [2.75, 3.05) is 43.3 Å². The van der Waals surface area contributed by atoms with Gasteiger partial charge >= 0.3 is 0 Å². The van der Waals surface area contributed by atoms with E-state index in [1.54, 1.807) is 30.5 Å². The molecule has 0 aliphatic carbocycles. The van der Waals surface area contributed by atoms with Crippen molar-refractivity contribution in [2.45, 2.75) is 0 Å². The summed E-state index contributed by atoms with van der Waals surface area (Å²) in [4.78, 5) is 18.8. The molecule has 1 aromatic heterocycles. The second-order valence-electron chi connectivity index (χ2n) is 5.52. The standard InChI is InChI=1S/C17H17N3O4/c21-17(19-12-1-4-15-16(9-12)24-11-23-15)14-3-2-13(10-18-14)20-5-7-22-8-6-20/h1-4,9-10H,5-8,11H2,(H,19,21). The number of pyridine rings is 1. The third-order valence-electron chi connectivity index (χ3n) is 3.99. The second-order valence-corrected chi connectivity index (χ2v) is 5.52. The van der Waals surface area contributed by atoms with Gasteiger partial charge in [0.1, 0.15) is 5.69 Å². The molecule has 1 fully saturated rings. The number of anilines is 2. The van der Waals surface area contributed by atoms with Gasteiger partial charge < -0.3 is 24.4 Å². The highest BCUT2D eigenvalue weighted by atomic mass is 16.7. The number of nitrogens with zero attached hydrogens (tertiary/aromatic N) is 2. The number of ether oxygens (including phenoxy) is 3. The average molecular weight is 327 g/mol. The quantitative estimate of drug-likeness (QED) is 0.928. The molecule has 24 heavy (non-hydrogen) atoms. The minimum atomic E-state index is -0.262. The fourth-order valence-corrected chi connectivity index (χ4v) is 2.70. The summed E-state index contributed by atoms with van der Waals surface area (Å²) in [5.74, 6) is 1.05. The Morgan fingerprint density at radius 3 is 2.71 bits per heavy atom. The summed E-state index contributed by atoms with van der Waals surface area (Å²) in [5, 5.41) is 2.82. The van der Waals surface area contributed by atoms with Gasteiger partial charge in [0.05, 0.1) is 25.1 Å². The van der Waals surface area contributed by atoms with Crippen molar-refractivity contribution in [3.63, 3.8) is 0 Å². The highest BCUT2D eigenvalue weighted by Gasteiger charge is 2.16. The zero-order chi connectivity index (χ0) is 16.4. The third kappa shape index (κ3) is 2.98. The van der Waals surface area contributed by atoms with E-state index < -0.39 is 0 Å². The van der Waals surface area contributed by atoms with Crippen molar-refractivity contribution in [1.82, 2.24) is 4.98 Å². The van der Waals surface area contributed by atoms with E-state index in [0.717, 1.165) is 18.8 Å². The molecule has 7 heteroatoms. The van der Waals surface area contributed by atoms with Crippen molar-refractivity contribution in [1.29, 1.82) is 0 Å². The van der Waals surface area contributed by atoms with Gasteiger partial charge in [-0.25, -0.2) is 4.98 Å². The lowest BCUT2D eigenvalue weighted by atomic mass is 10.2. The largest absolute Gasteiger partial charge is 0.454 e. The van der Waals surface area contributed by atoms with Crippen molar-refractivity contribution in [2.24, 2.45) is 0 Å². The van der Waals surface area contributed by atoms with Crippen LogP contribution >= 0.6 is 0 Å². The van der Waals surface area contributed by atoms with Gasteiger partial charge in [0, 0.05) is 24.8 Å². The number of amides is 1. The molecule has 0 saturated carbocycles. The van der Waals surface area contributed by atoms with Crippen molar-refractivity contribution >= 4 is 17.3 Å². The van der Waals surface area contributed by atoms with Crippen LogP contribution < -0.4 is 19.7 Å². The van der Waals surface area contributed by atoms with E-state index in [0.29, 0.717) is 36.1 Å². The number of morpholine rings is 1. The molecule has 2 aliphatic heterocycles. The predicted molar refractivity (Wildman–Crippen MR) is 87.8 cm³/mol. The second kappa shape index (κ2) is 6.37. The summed E-state index contributed by atoms with van der Waals surface area (Å²) in [6, 6.07) is 8.92. The van der Waals surface area contributed by atoms with Crippen LogP contribution in [0.1, 0.15) is 10.5 Å². The van der Waals surface area contributed by atoms with Gasteiger partial charge in [-0.05, 0) is 24.3 Å². The fraction of sp³-hybridized carbons (Fsp3) is 0.294. The van der Waals surface area contributed by atoms with Crippen LogP contribution in [0, 0.1) is 0 Å². The number of fused-ring (bicyclic) bond motifs is 1. The lowest BCUT2D eigenvalue weighted by Crippen LogP contribution is -2.36. The lowest BCUT2D eigenvalue weighted by Gasteiger charge is -2.28. The van der Waals surface area contributed by atoms with E-state index in [9.17, 15) is 4.79 Å². The Labute approximate surface area is 139 Å². The van der Waals surface area contributed by atoms with Gasteiger partial charge in [0.2, 0.25) is 6.79 Å². The molecule has 4 rings (SSSR count). The molecule has 0 bridgehead atoms. The van der Waals surface area contributed by atoms with Gasteiger partial charge in [0.15, 0.2) is 11.5 Å². The SMILES string of the molecule is O=C(Nc1ccc2c(c1)OCO2)c1ccc(N2CCOCC2)cn1. The number of aromatic nitrogens is 1. The zero-order valence-electron chi connectivity index (χ0n) is 13.0. The molecule has 0 spiro atoms. The summed E-state index contributed by atoms with van der Waals surface area (Å²) in [5.41, 5.74) is 2.01. The Morgan fingerprint density at radius 2 is 1.92 bits per heavy atom. The van der Waals surface area contributed by atoms with Crippen LogP contribution in [0.25, 0.3) is 0 Å². The molecule has 1 saturated heterocycles. The molecule has 2 aliphatic rings. The molecule has 0 unspecified atom stereocenters. The topological polar surface area (TPSA) is 72.9 Å². The van der Waals surface area contributed by atoms with Gasteiger partial charge in [-0.3, -0.25) is 4.79 Å². The van der Waals surface area contributed by atoms with E-state index in [1.807, 2.05) is 6.07 Å². The number of nitrogens with one attached hydrogen (secondary N) is 1. The van der Waals surface area contributed by atoms with Crippen molar-refractivity contribution in [3.05, 3.63) is 42.2 Å². The van der Waals surface area contributed by atoms with Crippen LogP contribution in [-0.2, 0) is 4.74 Å². The van der Waals surface area contributed by atoms with E-state index in [-0.39, 0.29) is 12.7 Å². The molecule has 124 valence electrons. The molecule has 0 radical (unpaired) electrons. The van der Waals surface area contributed by atoms with E-state index in [1.165, 1.54) is 0 Å². The maximum atomic E-state index is 12.3. The number of carbonyl (C=O) groups excluding carboxylic acids is 1. The number of benzene rings is 1. The van der Waals surface area contributed by atoms with Crippen LogP contribution in [0.2, 0.25) is 0 Å².